The topological polar surface area (TPSA) is 41.1 Å². The van der Waals surface area contributed by atoms with Crippen molar-refractivity contribution in [2.45, 2.75) is 53.5 Å². The Labute approximate surface area is 111 Å². The number of rotatable bonds is 6. The Morgan fingerprint density at radius 1 is 1.11 bits per heavy atom. The molecule has 1 N–H and O–H groups in total. The van der Waals surface area contributed by atoms with Gasteiger partial charge in [-0.1, -0.05) is 13.8 Å². The summed E-state index contributed by atoms with van der Waals surface area (Å²) in [5, 5.41) is 3.31. The quantitative estimate of drug-likeness (QED) is 0.842. The van der Waals surface area contributed by atoms with E-state index in [2.05, 4.69) is 54.9 Å². The van der Waals surface area contributed by atoms with Crippen molar-refractivity contribution < 1.29 is 0 Å². The largest absolute Gasteiger partial charge is 0.370 e. The fourth-order valence-corrected chi connectivity index (χ4v) is 2.31. The molecule has 0 atom stereocenters. The van der Waals surface area contributed by atoms with Crippen LogP contribution in [-0.2, 0) is 0 Å². The van der Waals surface area contributed by atoms with E-state index in [9.17, 15) is 0 Å². The van der Waals surface area contributed by atoms with Gasteiger partial charge in [0.25, 0.3) is 0 Å². The van der Waals surface area contributed by atoms with Crippen LogP contribution in [0.2, 0.25) is 0 Å². The van der Waals surface area contributed by atoms with Crippen LogP contribution < -0.4 is 10.2 Å². The first-order valence-corrected chi connectivity index (χ1v) is 6.86. The second kappa shape index (κ2) is 6.57. The first kappa shape index (κ1) is 14.7. The minimum absolute atomic E-state index is 0.535. The third kappa shape index (κ3) is 3.12. The van der Waals surface area contributed by atoms with Gasteiger partial charge in [0.15, 0.2) is 0 Å². The monoisotopic (exact) mass is 250 g/mol. The van der Waals surface area contributed by atoms with Crippen molar-refractivity contribution in [1.29, 1.82) is 0 Å². The normalized spacial score (nSPS) is 10.8. The van der Waals surface area contributed by atoms with Gasteiger partial charge in [0, 0.05) is 25.2 Å². The molecule has 0 aliphatic carbocycles. The maximum Gasteiger partial charge on any atom is 0.137 e. The van der Waals surface area contributed by atoms with Crippen molar-refractivity contribution in [3.63, 3.8) is 0 Å². The van der Waals surface area contributed by atoms with Crippen LogP contribution in [0.1, 0.15) is 45.0 Å². The van der Waals surface area contributed by atoms with E-state index in [1.54, 1.807) is 0 Å². The fraction of sp³-hybridized carbons (Fsp3) is 0.714. The van der Waals surface area contributed by atoms with Gasteiger partial charge in [0.05, 0.1) is 0 Å². The van der Waals surface area contributed by atoms with E-state index in [1.807, 2.05) is 6.92 Å². The van der Waals surface area contributed by atoms with E-state index < -0.39 is 0 Å². The van der Waals surface area contributed by atoms with Crippen LogP contribution in [0, 0.1) is 13.8 Å². The zero-order chi connectivity index (χ0) is 13.7. The molecule has 0 saturated carbocycles. The molecular formula is C14H26N4. The smallest absolute Gasteiger partial charge is 0.137 e. The van der Waals surface area contributed by atoms with Gasteiger partial charge in [0.2, 0.25) is 0 Å². The van der Waals surface area contributed by atoms with Crippen molar-refractivity contribution in [2.24, 2.45) is 0 Å². The highest BCUT2D eigenvalue weighted by Gasteiger charge is 2.17. The van der Waals surface area contributed by atoms with Crippen molar-refractivity contribution in [3.8, 4) is 0 Å². The standard InChI is InChI=1S/C14H26N4/c1-7-12(8-2)18(6)14-10(4)13(15-9-3)16-11(5)17-14/h12H,7-9H2,1-6H3,(H,15,16,17). The third-order valence-corrected chi connectivity index (χ3v) is 3.40. The van der Waals surface area contributed by atoms with Crippen molar-refractivity contribution >= 4 is 11.6 Å². The number of hydrogen-bond donors (Lipinski definition) is 1. The van der Waals surface area contributed by atoms with Gasteiger partial charge in [-0.05, 0) is 33.6 Å². The first-order chi connectivity index (χ1) is 8.54. The lowest BCUT2D eigenvalue weighted by Crippen LogP contribution is -2.32. The fourth-order valence-electron chi connectivity index (χ4n) is 2.31. The molecule has 18 heavy (non-hydrogen) atoms. The van der Waals surface area contributed by atoms with Gasteiger partial charge in [-0.15, -0.1) is 0 Å². The Kier molecular flexibility index (Phi) is 5.38. The number of nitrogens with one attached hydrogen (secondary N) is 1. The SMILES string of the molecule is CCNc1nc(C)nc(N(C)C(CC)CC)c1C. The van der Waals surface area contributed by atoms with Crippen molar-refractivity contribution in [2.75, 3.05) is 23.8 Å². The highest BCUT2D eigenvalue weighted by molar-refractivity contribution is 5.58. The highest BCUT2D eigenvalue weighted by Crippen LogP contribution is 2.25. The molecule has 4 nitrogen and oxygen atoms in total. The summed E-state index contributed by atoms with van der Waals surface area (Å²) in [5.41, 5.74) is 1.14. The molecule has 1 rings (SSSR count). The molecule has 0 unspecified atom stereocenters. The van der Waals surface area contributed by atoms with E-state index in [4.69, 9.17) is 0 Å². The lowest BCUT2D eigenvalue weighted by molar-refractivity contribution is 0.584. The van der Waals surface area contributed by atoms with E-state index >= 15 is 0 Å². The molecule has 102 valence electrons. The predicted octanol–water partition coefficient (Wildman–Crippen LogP) is 3.15. The molecule has 0 spiro atoms. The average molecular weight is 250 g/mol. The summed E-state index contributed by atoms with van der Waals surface area (Å²) in [7, 11) is 2.13. The van der Waals surface area contributed by atoms with E-state index in [0.29, 0.717) is 6.04 Å². The first-order valence-electron chi connectivity index (χ1n) is 6.86. The van der Waals surface area contributed by atoms with Crippen molar-refractivity contribution in [3.05, 3.63) is 11.4 Å². The van der Waals surface area contributed by atoms with Crippen LogP contribution in [0.3, 0.4) is 0 Å². The van der Waals surface area contributed by atoms with Gasteiger partial charge in [-0.2, -0.15) is 0 Å². The van der Waals surface area contributed by atoms with Gasteiger partial charge in [0.1, 0.15) is 17.5 Å². The summed E-state index contributed by atoms with van der Waals surface area (Å²) >= 11 is 0. The predicted molar refractivity (Wildman–Crippen MR) is 78.4 cm³/mol. The van der Waals surface area contributed by atoms with Gasteiger partial charge >= 0.3 is 0 Å². The van der Waals surface area contributed by atoms with E-state index in [-0.39, 0.29) is 0 Å². The number of nitrogens with zero attached hydrogens (tertiary/aromatic N) is 3. The molecule has 0 amide bonds. The number of aryl methyl sites for hydroxylation is 1. The maximum atomic E-state index is 4.61. The Bertz CT molecular complexity index is 386. The molecule has 0 radical (unpaired) electrons. The van der Waals surface area contributed by atoms with Crippen LogP contribution in [-0.4, -0.2) is 29.6 Å². The Morgan fingerprint density at radius 2 is 1.72 bits per heavy atom. The number of aromatic nitrogens is 2. The molecule has 0 aliphatic rings. The summed E-state index contributed by atoms with van der Waals surface area (Å²) in [6.07, 6.45) is 2.26. The highest BCUT2D eigenvalue weighted by atomic mass is 15.2. The number of anilines is 2. The lowest BCUT2D eigenvalue weighted by Gasteiger charge is -2.29. The minimum Gasteiger partial charge on any atom is -0.370 e. The summed E-state index contributed by atoms with van der Waals surface area (Å²) in [4.78, 5) is 11.4. The van der Waals surface area contributed by atoms with Gasteiger partial charge in [-0.25, -0.2) is 9.97 Å². The zero-order valence-electron chi connectivity index (χ0n) is 12.5. The molecule has 1 aromatic heterocycles. The van der Waals surface area contributed by atoms with Crippen LogP contribution in [0.4, 0.5) is 11.6 Å². The number of hydrogen-bond acceptors (Lipinski definition) is 4. The Hall–Kier alpha value is -1.32. The molecule has 4 heteroatoms. The van der Waals surface area contributed by atoms with Gasteiger partial charge in [-0.3, -0.25) is 0 Å². The Balaban J connectivity index is 3.14. The van der Waals surface area contributed by atoms with Crippen molar-refractivity contribution in [1.82, 2.24) is 9.97 Å². The molecule has 0 saturated heterocycles. The molecule has 0 aromatic carbocycles. The lowest BCUT2D eigenvalue weighted by atomic mass is 10.1. The van der Waals surface area contributed by atoms with E-state index in [0.717, 1.165) is 42.4 Å². The van der Waals surface area contributed by atoms with E-state index in [1.165, 1.54) is 0 Å². The molecule has 1 aromatic rings. The second-order valence-electron chi connectivity index (χ2n) is 4.68. The molecule has 0 aliphatic heterocycles. The summed E-state index contributed by atoms with van der Waals surface area (Å²) in [6.45, 7) is 11.4. The van der Waals surface area contributed by atoms with Crippen LogP contribution in [0.15, 0.2) is 0 Å². The summed E-state index contributed by atoms with van der Waals surface area (Å²) in [6, 6.07) is 0.535. The average Bonchev–Trinajstić information content (AvgIpc) is 2.35. The second-order valence-corrected chi connectivity index (χ2v) is 4.68. The molecule has 1 heterocycles. The van der Waals surface area contributed by atoms with Crippen LogP contribution in [0.5, 0.6) is 0 Å². The summed E-state index contributed by atoms with van der Waals surface area (Å²) < 4.78 is 0. The minimum atomic E-state index is 0.535. The Morgan fingerprint density at radius 3 is 2.22 bits per heavy atom. The van der Waals surface area contributed by atoms with Gasteiger partial charge < -0.3 is 10.2 Å². The molecule has 0 fully saturated rings. The molecular weight excluding hydrogens is 224 g/mol. The molecule has 0 bridgehead atoms. The summed E-state index contributed by atoms with van der Waals surface area (Å²) in [5.74, 6) is 2.83. The van der Waals surface area contributed by atoms with Crippen LogP contribution >= 0.6 is 0 Å². The zero-order valence-corrected chi connectivity index (χ0v) is 12.5. The third-order valence-electron chi connectivity index (χ3n) is 3.40. The van der Waals surface area contributed by atoms with Crippen LogP contribution in [0.25, 0.3) is 0 Å². The maximum absolute atomic E-state index is 4.61.